The summed E-state index contributed by atoms with van der Waals surface area (Å²) in [4.78, 5) is 14.5. The van der Waals surface area contributed by atoms with E-state index in [4.69, 9.17) is 4.74 Å². The van der Waals surface area contributed by atoms with Gasteiger partial charge < -0.3 is 9.64 Å². The lowest BCUT2D eigenvalue weighted by Gasteiger charge is -2.26. The minimum atomic E-state index is -0.321. The van der Waals surface area contributed by atoms with Crippen molar-refractivity contribution in [1.29, 1.82) is 0 Å². The zero-order valence-electron chi connectivity index (χ0n) is 13.4. The highest BCUT2D eigenvalue weighted by molar-refractivity contribution is 5.94. The van der Waals surface area contributed by atoms with E-state index >= 15 is 0 Å². The van der Waals surface area contributed by atoms with Crippen LogP contribution in [-0.2, 0) is 24.3 Å². The Morgan fingerprint density at radius 1 is 1.42 bits per heavy atom. The van der Waals surface area contributed by atoms with Gasteiger partial charge in [0.25, 0.3) is 5.91 Å². The third-order valence-electron chi connectivity index (χ3n) is 4.69. The molecule has 0 spiro atoms. The fraction of sp³-hybridized carbons (Fsp3) is 0.444. The first kappa shape index (κ1) is 15.3. The molecule has 0 saturated heterocycles. The third-order valence-corrected chi connectivity index (χ3v) is 4.69. The van der Waals surface area contributed by atoms with Crippen LogP contribution in [0.1, 0.15) is 40.0 Å². The minimum absolute atomic E-state index is 0.0784. The lowest BCUT2D eigenvalue weighted by atomic mass is 10.1. The number of carbonyl (C=O) groups excluding carboxylic acids is 1. The highest BCUT2D eigenvalue weighted by Gasteiger charge is 2.24. The average molecular weight is 329 g/mol. The summed E-state index contributed by atoms with van der Waals surface area (Å²) in [6.45, 7) is 2.07. The maximum atomic E-state index is 14.0. The van der Waals surface area contributed by atoms with Crippen molar-refractivity contribution in [2.75, 3.05) is 13.2 Å². The van der Waals surface area contributed by atoms with Gasteiger partial charge in [-0.25, -0.2) is 4.39 Å². The number of nitrogens with one attached hydrogen (secondary N) is 1. The monoisotopic (exact) mass is 329 g/mol. The number of aromatic nitrogens is 2. The quantitative estimate of drug-likeness (QED) is 0.917. The summed E-state index contributed by atoms with van der Waals surface area (Å²) < 4.78 is 19.5. The summed E-state index contributed by atoms with van der Waals surface area (Å²) in [7, 11) is 0. The Balaban J connectivity index is 1.45. The van der Waals surface area contributed by atoms with Crippen LogP contribution in [0.4, 0.5) is 4.39 Å². The van der Waals surface area contributed by atoms with Gasteiger partial charge in [0.1, 0.15) is 5.82 Å². The number of carbonyl (C=O) groups is 1. The van der Waals surface area contributed by atoms with Crippen LogP contribution < -0.4 is 0 Å². The Morgan fingerprint density at radius 3 is 3.12 bits per heavy atom. The molecule has 5 nitrogen and oxygen atoms in total. The van der Waals surface area contributed by atoms with Gasteiger partial charge in [0.15, 0.2) is 0 Å². The van der Waals surface area contributed by atoms with Crippen LogP contribution in [0.5, 0.6) is 0 Å². The molecule has 1 aliphatic heterocycles. The van der Waals surface area contributed by atoms with Gasteiger partial charge in [-0.15, -0.1) is 0 Å². The van der Waals surface area contributed by atoms with Gasteiger partial charge in [-0.2, -0.15) is 5.10 Å². The zero-order valence-corrected chi connectivity index (χ0v) is 13.4. The molecule has 2 aromatic rings. The van der Waals surface area contributed by atoms with Crippen molar-refractivity contribution < 1.29 is 13.9 Å². The third kappa shape index (κ3) is 3.19. The predicted octanol–water partition coefficient (Wildman–Crippen LogP) is 2.67. The molecule has 6 heteroatoms. The van der Waals surface area contributed by atoms with Gasteiger partial charge in [0.05, 0.1) is 12.8 Å². The summed E-state index contributed by atoms with van der Waals surface area (Å²) in [5.74, 6) is 0.235. The number of aromatic amines is 1. The van der Waals surface area contributed by atoms with Crippen LogP contribution in [0, 0.1) is 11.7 Å². The molecule has 1 aliphatic carbocycles. The molecule has 0 bridgehead atoms. The van der Waals surface area contributed by atoms with Gasteiger partial charge in [0.2, 0.25) is 0 Å². The number of rotatable bonds is 5. The molecule has 0 atom stereocenters. The van der Waals surface area contributed by atoms with E-state index in [0.29, 0.717) is 36.7 Å². The molecule has 0 radical (unpaired) electrons. The maximum Gasteiger partial charge on any atom is 0.254 e. The zero-order chi connectivity index (χ0) is 16.5. The summed E-state index contributed by atoms with van der Waals surface area (Å²) in [5, 5.41) is 6.98. The topological polar surface area (TPSA) is 58.2 Å². The van der Waals surface area contributed by atoms with Crippen molar-refractivity contribution >= 4 is 5.91 Å². The molecule has 126 valence electrons. The molecule has 1 amide bonds. The maximum absolute atomic E-state index is 14.0. The van der Waals surface area contributed by atoms with E-state index in [1.54, 1.807) is 23.2 Å². The first-order chi connectivity index (χ1) is 11.7. The largest absolute Gasteiger partial charge is 0.376 e. The van der Waals surface area contributed by atoms with Gasteiger partial charge in [-0.1, -0.05) is 0 Å². The molecule has 1 fully saturated rings. The van der Waals surface area contributed by atoms with E-state index in [1.807, 2.05) is 0 Å². The number of fused-ring (bicyclic) bond motifs is 1. The molecule has 1 N–H and O–H groups in total. The highest BCUT2D eigenvalue weighted by atomic mass is 19.1. The Morgan fingerprint density at radius 2 is 2.29 bits per heavy atom. The first-order valence-electron chi connectivity index (χ1n) is 8.37. The number of benzene rings is 1. The van der Waals surface area contributed by atoms with Crippen LogP contribution in [0.3, 0.4) is 0 Å². The predicted molar refractivity (Wildman–Crippen MR) is 85.8 cm³/mol. The molecular formula is C18H20FN3O2. The van der Waals surface area contributed by atoms with Crippen molar-refractivity contribution in [3.05, 3.63) is 52.6 Å². The smallest absolute Gasteiger partial charge is 0.254 e. The van der Waals surface area contributed by atoms with Gasteiger partial charge in [-0.3, -0.25) is 9.89 Å². The van der Waals surface area contributed by atoms with E-state index in [0.717, 1.165) is 17.7 Å². The van der Waals surface area contributed by atoms with Crippen LogP contribution in [-0.4, -0.2) is 34.2 Å². The fourth-order valence-electron chi connectivity index (χ4n) is 3.02. The summed E-state index contributed by atoms with van der Waals surface area (Å²) in [6, 6.07) is 4.53. The standard InChI is InChI=1S/C18H20FN3O2/c19-16-4-3-13(7-14(16)11-24-10-12-1-2-12)18(23)22-6-5-17-15(9-22)8-20-21-17/h3-4,7-8,12H,1-2,5-6,9-11H2,(H,20,21). The second-order valence-corrected chi connectivity index (χ2v) is 6.62. The SMILES string of the molecule is O=C(c1ccc(F)c(COCC2CC2)c1)N1CCc2[nH]ncc2C1. The number of amides is 1. The molecule has 1 saturated carbocycles. The lowest BCUT2D eigenvalue weighted by molar-refractivity contribution is 0.0733. The minimum Gasteiger partial charge on any atom is -0.376 e. The number of nitrogens with zero attached hydrogens (tertiary/aromatic N) is 2. The number of hydrogen-bond donors (Lipinski definition) is 1. The molecule has 2 heterocycles. The molecule has 1 aromatic heterocycles. The van der Waals surface area contributed by atoms with Crippen molar-refractivity contribution in [3.63, 3.8) is 0 Å². The van der Waals surface area contributed by atoms with Crippen molar-refractivity contribution in [3.8, 4) is 0 Å². The molecule has 24 heavy (non-hydrogen) atoms. The van der Waals surface area contributed by atoms with E-state index in [1.165, 1.54) is 18.9 Å². The van der Waals surface area contributed by atoms with E-state index < -0.39 is 0 Å². The number of halogens is 1. The number of ether oxygens (including phenoxy) is 1. The molecule has 1 aromatic carbocycles. The number of H-pyrrole nitrogens is 1. The van der Waals surface area contributed by atoms with Crippen LogP contribution in [0.2, 0.25) is 0 Å². The first-order valence-corrected chi connectivity index (χ1v) is 8.37. The molecular weight excluding hydrogens is 309 g/mol. The van der Waals surface area contributed by atoms with Crippen LogP contribution in [0.15, 0.2) is 24.4 Å². The Kier molecular flexibility index (Phi) is 4.06. The molecule has 0 unspecified atom stereocenters. The second kappa shape index (κ2) is 6.36. The van der Waals surface area contributed by atoms with Crippen LogP contribution in [0.25, 0.3) is 0 Å². The Hall–Kier alpha value is -2.21. The van der Waals surface area contributed by atoms with Crippen LogP contribution >= 0.6 is 0 Å². The van der Waals surface area contributed by atoms with Crippen molar-refractivity contribution in [1.82, 2.24) is 15.1 Å². The average Bonchev–Trinajstić information content (AvgIpc) is 3.30. The van der Waals surface area contributed by atoms with Crippen molar-refractivity contribution in [2.24, 2.45) is 5.92 Å². The normalized spacial score (nSPS) is 17.0. The molecule has 2 aliphatic rings. The van der Waals surface area contributed by atoms with Gasteiger partial charge in [0, 0.05) is 48.5 Å². The summed E-state index contributed by atoms with van der Waals surface area (Å²) in [5.41, 5.74) is 3.09. The lowest BCUT2D eigenvalue weighted by Crippen LogP contribution is -2.35. The summed E-state index contributed by atoms with van der Waals surface area (Å²) >= 11 is 0. The Labute approximate surface area is 139 Å². The van der Waals surface area contributed by atoms with Gasteiger partial charge >= 0.3 is 0 Å². The number of hydrogen-bond acceptors (Lipinski definition) is 3. The molecule has 4 rings (SSSR count). The van der Waals surface area contributed by atoms with E-state index in [-0.39, 0.29) is 18.3 Å². The van der Waals surface area contributed by atoms with Crippen molar-refractivity contribution in [2.45, 2.75) is 32.4 Å². The highest BCUT2D eigenvalue weighted by Crippen LogP contribution is 2.29. The van der Waals surface area contributed by atoms with E-state index in [9.17, 15) is 9.18 Å². The summed E-state index contributed by atoms with van der Waals surface area (Å²) in [6.07, 6.45) is 4.92. The Bertz CT molecular complexity index is 754. The van der Waals surface area contributed by atoms with E-state index in [2.05, 4.69) is 10.2 Å². The van der Waals surface area contributed by atoms with Gasteiger partial charge in [-0.05, 0) is 37.0 Å². The fourth-order valence-corrected chi connectivity index (χ4v) is 3.02. The second-order valence-electron chi connectivity index (χ2n) is 6.62.